The maximum absolute atomic E-state index is 14.5. The van der Waals surface area contributed by atoms with Crippen LogP contribution in [0, 0.1) is 24.4 Å². The quantitative estimate of drug-likeness (QED) is 0.479. The summed E-state index contributed by atoms with van der Waals surface area (Å²) in [5.74, 6) is -5.52. The first-order chi connectivity index (χ1) is 14.4. The van der Waals surface area contributed by atoms with Crippen molar-refractivity contribution in [3.8, 4) is 0 Å². The van der Waals surface area contributed by atoms with E-state index in [1.165, 1.54) is 13.3 Å². The lowest BCUT2D eigenvalue weighted by Gasteiger charge is -2.38. The molecule has 3 atom stereocenters. The van der Waals surface area contributed by atoms with E-state index in [0.29, 0.717) is 6.04 Å². The first-order valence-corrected chi connectivity index (χ1v) is 10.6. The first kappa shape index (κ1) is 23.8. The average Bonchev–Trinajstić information content (AvgIpc) is 3.19. The summed E-state index contributed by atoms with van der Waals surface area (Å²) in [4.78, 5) is 19.6. The van der Waals surface area contributed by atoms with Gasteiger partial charge in [0.25, 0.3) is 5.91 Å². The SMILES string of the molecule is Cc1c(F)c(F)c(F)c(C(=O)N[C@@H](c2cccnc2)C2CCC3CCCCN32)c1Cl.Cl. The van der Waals surface area contributed by atoms with Gasteiger partial charge in [0.15, 0.2) is 17.5 Å². The predicted octanol–water partition coefficient (Wildman–Crippen LogP) is 5.37. The van der Waals surface area contributed by atoms with Gasteiger partial charge in [-0.3, -0.25) is 14.7 Å². The second kappa shape index (κ2) is 9.76. The van der Waals surface area contributed by atoms with Crippen molar-refractivity contribution in [2.75, 3.05) is 6.54 Å². The Hall–Kier alpha value is -1.83. The Labute approximate surface area is 190 Å². The standard InChI is InChI=1S/C22H23ClF3N3O.ClH/c1-12-17(23)16(19(25)20(26)18(12)24)22(30)28-21(13-5-4-9-27-11-13)15-8-7-14-6-2-3-10-29(14)15;/h4-5,9,11,14-15,21H,2-3,6-8,10H2,1H3,(H,28,30);1H/t14?,15?,21-;/m0./s1. The molecule has 0 aliphatic carbocycles. The van der Waals surface area contributed by atoms with Gasteiger partial charge in [-0.1, -0.05) is 24.1 Å². The summed E-state index contributed by atoms with van der Waals surface area (Å²) in [6.45, 7) is 2.15. The van der Waals surface area contributed by atoms with Crippen molar-refractivity contribution in [3.05, 3.63) is 63.7 Å². The molecule has 2 aromatic rings. The number of nitrogens with zero attached hydrogens (tertiary/aromatic N) is 2. The molecule has 168 valence electrons. The minimum Gasteiger partial charge on any atom is -0.343 e. The molecular weight excluding hydrogens is 450 g/mol. The van der Waals surface area contributed by atoms with Gasteiger partial charge in [0.2, 0.25) is 0 Å². The molecule has 0 spiro atoms. The normalized spacial score (nSPS) is 21.8. The molecule has 9 heteroatoms. The van der Waals surface area contributed by atoms with Crippen LogP contribution >= 0.6 is 24.0 Å². The number of carbonyl (C=O) groups is 1. The van der Waals surface area contributed by atoms with Crippen LogP contribution in [0.4, 0.5) is 13.2 Å². The van der Waals surface area contributed by atoms with E-state index in [1.807, 2.05) is 6.07 Å². The lowest BCUT2D eigenvalue weighted by molar-refractivity contribution is 0.0858. The molecule has 0 saturated carbocycles. The second-order valence-corrected chi connectivity index (χ2v) is 8.40. The number of carbonyl (C=O) groups excluding carboxylic acids is 1. The third kappa shape index (κ3) is 4.41. The maximum Gasteiger partial charge on any atom is 0.256 e. The van der Waals surface area contributed by atoms with Crippen LogP contribution in [-0.2, 0) is 0 Å². The topological polar surface area (TPSA) is 45.2 Å². The maximum atomic E-state index is 14.5. The Morgan fingerprint density at radius 1 is 1.19 bits per heavy atom. The highest BCUT2D eigenvalue weighted by atomic mass is 35.5. The Morgan fingerprint density at radius 3 is 2.68 bits per heavy atom. The second-order valence-electron chi connectivity index (χ2n) is 8.03. The van der Waals surface area contributed by atoms with Crippen LogP contribution in [0.5, 0.6) is 0 Å². The Balaban J connectivity index is 0.00000272. The zero-order valence-corrected chi connectivity index (χ0v) is 18.6. The number of rotatable bonds is 4. The van der Waals surface area contributed by atoms with Crippen molar-refractivity contribution in [1.29, 1.82) is 0 Å². The van der Waals surface area contributed by atoms with Crippen LogP contribution in [0.1, 0.15) is 59.6 Å². The molecule has 1 aromatic heterocycles. The van der Waals surface area contributed by atoms with Crippen LogP contribution in [0.25, 0.3) is 0 Å². The van der Waals surface area contributed by atoms with Crippen LogP contribution in [-0.4, -0.2) is 34.4 Å². The molecule has 2 aliphatic heterocycles. The number of benzene rings is 1. The number of halogens is 5. The van der Waals surface area contributed by atoms with Crippen LogP contribution in [0.3, 0.4) is 0 Å². The van der Waals surface area contributed by atoms with Crippen molar-refractivity contribution >= 4 is 29.9 Å². The van der Waals surface area contributed by atoms with Gasteiger partial charge >= 0.3 is 0 Å². The number of amides is 1. The number of hydrogen-bond acceptors (Lipinski definition) is 3. The van der Waals surface area contributed by atoms with Gasteiger partial charge < -0.3 is 5.32 Å². The van der Waals surface area contributed by atoms with E-state index >= 15 is 0 Å². The summed E-state index contributed by atoms with van der Waals surface area (Å²) in [5, 5.41) is 2.43. The molecule has 3 heterocycles. The number of fused-ring (bicyclic) bond motifs is 1. The summed E-state index contributed by atoms with van der Waals surface area (Å²) in [7, 11) is 0. The average molecular weight is 474 g/mol. The predicted molar refractivity (Wildman–Crippen MR) is 115 cm³/mol. The van der Waals surface area contributed by atoms with Crippen molar-refractivity contribution in [3.63, 3.8) is 0 Å². The molecule has 4 nitrogen and oxygen atoms in total. The highest BCUT2D eigenvalue weighted by Crippen LogP contribution is 2.38. The molecule has 0 bridgehead atoms. The summed E-state index contributed by atoms with van der Waals surface area (Å²) in [6, 6.07) is 3.62. The molecule has 31 heavy (non-hydrogen) atoms. The van der Waals surface area contributed by atoms with E-state index in [0.717, 1.165) is 37.8 Å². The van der Waals surface area contributed by atoms with Gasteiger partial charge in [0.05, 0.1) is 16.6 Å². The van der Waals surface area contributed by atoms with Crippen LogP contribution < -0.4 is 5.32 Å². The minimum atomic E-state index is -1.70. The monoisotopic (exact) mass is 473 g/mol. The molecule has 2 unspecified atom stereocenters. The lowest BCUT2D eigenvalue weighted by atomic mass is 9.97. The lowest BCUT2D eigenvalue weighted by Crippen LogP contribution is -2.47. The molecule has 1 aromatic carbocycles. The zero-order valence-electron chi connectivity index (χ0n) is 17.0. The summed E-state index contributed by atoms with van der Waals surface area (Å²) in [5.41, 5.74) is -0.191. The molecule has 0 radical (unpaired) electrons. The fourth-order valence-corrected chi connectivity index (χ4v) is 5.03. The van der Waals surface area contributed by atoms with Crippen LogP contribution in [0.15, 0.2) is 24.5 Å². The Kier molecular flexibility index (Phi) is 7.50. The van der Waals surface area contributed by atoms with E-state index in [2.05, 4.69) is 15.2 Å². The highest BCUT2D eigenvalue weighted by Gasteiger charge is 2.41. The van der Waals surface area contributed by atoms with Gasteiger partial charge in [0.1, 0.15) is 0 Å². The molecular formula is C22H24Cl2F3N3O. The number of hydrogen-bond donors (Lipinski definition) is 1. The van der Waals surface area contributed by atoms with E-state index < -0.39 is 40.0 Å². The number of pyridine rings is 1. The number of aromatic nitrogens is 1. The van der Waals surface area contributed by atoms with E-state index in [9.17, 15) is 18.0 Å². The first-order valence-electron chi connectivity index (χ1n) is 10.2. The van der Waals surface area contributed by atoms with Crippen LogP contribution in [0.2, 0.25) is 5.02 Å². The minimum absolute atomic E-state index is 0. The van der Waals surface area contributed by atoms with Gasteiger partial charge in [0, 0.05) is 30.0 Å². The van der Waals surface area contributed by atoms with E-state index in [4.69, 9.17) is 11.6 Å². The van der Waals surface area contributed by atoms with E-state index in [-0.39, 0.29) is 24.0 Å². The molecule has 4 rings (SSSR count). The molecule has 2 saturated heterocycles. The third-order valence-corrected chi connectivity index (χ3v) is 6.79. The van der Waals surface area contributed by atoms with E-state index in [1.54, 1.807) is 18.5 Å². The third-order valence-electron chi connectivity index (χ3n) is 6.32. The summed E-state index contributed by atoms with van der Waals surface area (Å²) < 4.78 is 42.2. The fraction of sp³-hybridized carbons (Fsp3) is 0.455. The van der Waals surface area contributed by atoms with Gasteiger partial charge in [-0.2, -0.15) is 0 Å². The highest BCUT2D eigenvalue weighted by molar-refractivity contribution is 6.34. The van der Waals surface area contributed by atoms with Crippen molar-refractivity contribution < 1.29 is 18.0 Å². The summed E-state index contributed by atoms with van der Waals surface area (Å²) >= 11 is 6.04. The van der Waals surface area contributed by atoms with Crippen molar-refractivity contribution in [2.45, 2.75) is 57.2 Å². The molecule has 1 N–H and O–H groups in total. The molecule has 1 amide bonds. The van der Waals surface area contributed by atoms with Crippen molar-refractivity contribution in [1.82, 2.24) is 15.2 Å². The van der Waals surface area contributed by atoms with Gasteiger partial charge in [-0.05, 0) is 50.8 Å². The Morgan fingerprint density at radius 2 is 1.97 bits per heavy atom. The largest absolute Gasteiger partial charge is 0.343 e. The fourth-order valence-electron chi connectivity index (χ4n) is 4.78. The van der Waals surface area contributed by atoms with Gasteiger partial charge in [-0.15, -0.1) is 12.4 Å². The summed E-state index contributed by atoms with van der Waals surface area (Å²) in [6.07, 6.45) is 8.59. The number of piperidine rings is 1. The van der Waals surface area contributed by atoms with Gasteiger partial charge in [-0.25, -0.2) is 13.2 Å². The number of nitrogens with one attached hydrogen (secondary N) is 1. The smallest absolute Gasteiger partial charge is 0.256 e. The zero-order chi connectivity index (χ0) is 21.4. The van der Waals surface area contributed by atoms with Crippen molar-refractivity contribution in [2.24, 2.45) is 0 Å². The molecule has 2 fully saturated rings. The molecule has 2 aliphatic rings. The Bertz CT molecular complexity index is 932.